The van der Waals surface area contributed by atoms with Gasteiger partial charge in [0.25, 0.3) is 0 Å². The Morgan fingerprint density at radius 3 is 2.02 bits per heavy atom. The van der Waals surface area contributed by atoms with Gasteiger partial charge in [0.15, 0.2) is 0 Å². The Hall–Kier alpha value is -1.15. The van der Waals surface area contributed by atoms with E-state index in [0.29, 0.717) is 18.7 Å². The number of aromatic nitrogens is 2. The topological polar surface area (TPSA) is 27.1 Å². The van der Waals surface area contributed by atoms with Gasteiger partial charge < -0.3 is 9.30 Å². The summed E-state index contributed by atoms with van der Waals surface area (Å²) in [6, 6.07) is 4.84. The number of hydrogen-bond donors (Lipinski definition) is 0. The lowest BCUT2D eigenvalue weighted by Gasteiger charge is -2.17. The number of ether oxygens (including phenoxy) is 1. The molecule has 228 valence electrons. The fourth-order valence-electron chi connectivity index (χ4n) is 4.57. The van der Waals surface area contributed by atoms with Crippen LogP contribution in [-0.2, 0) is 22.1 Å². The molecule has 0 aromatic carbocycles. The predicted octanol–water partition coefficient (Wildman–Crippen LogP) is 9.91. The molecule has 1 unspecified atom stereocenters. The quantitative estimate of drug-likeness (QED) is 0.143. The van der Waals surface area contributed by atoms with Crippen LogP contribution in [0.5, 0.6) is 0 Å². The summed E-state index contributed by atoms with van der Waals surface area (Å²) in [5.41, 5.74) is 4.68. The van der Waals surface area contributed by atoms with Gasteiger partial charge in [0.2, 0.25) is 6.71 Å². The van der Waals surface area contributed by atoms with Crippen molar-refractivity contribution in [2.24, 2.45) is 0 Å². The number of hydrogen-bond acceptors (Lipinski definition) is 4. The maximum atomic E-state index is 5.55. The summed E-state index contributed by atoms with van der Waals surface area (Å²) < 4.78 is 12.0. The average Bonchev–Trinajstić information content (AvgIpc) is 3.63. The highest BCUT2D eigenvalue weighted by Crippen LogP contribution is 2.27. The highest BCUT2D eigenvalue weighted by atomic mass is 79.9. The van der Waals surface area contributed by atoms with Gasteiger partial charge in [-0.15, -0.1) is 0 Å². The molecule has 0 aliphatic heterocycles. The molecule has 0 saturated carbocycles. The number of aryl methyl sites for hydroxylation is 1. The minimum absolute atomic E-state index is 0.215. The SMILES string of the molecule is CC(Br)=CCB(c1cc(C(C)(C)C)cs1)c1cc(C(C)(C)C)cs1.CCCC(C)c1cncn1CCCOC(C)C. The zero-order chi connectivity index (χ0) is 30.8. The Morgan fingerprint density at radius 2 is 1.59 bits per heavy atom. The van der Waals surface area contributed by atoms with E-state index < -0.39 is 0 Å². The van der Waals surface area contributed by atoms with E-state index in [1.807, 2.05) is 35.2 Å². The van der Waals surface area contributed by atoms with Crippen LogP contribution in [0.25, 0.3) is 0 Å². The van der Waals surface area contributed by atoms with Gasteiger partial charge in [-0.3, -0.25) is 0 Å². The number of imidazole rings is 1. The van der Waals surface area contributed by atoms with Crippen molar-refractivity contribution in [1.82, 2.24) is 9.55 Å². The molecule has 3 aromatic heterocycles. The van der Waals surface area contributed by atoms with E-state index in [4.69, 9.17) is 4.74 Å². The Balaban J connectivity index is 0.000000305. The van der Waals surface area contributed by atoms with Crippen LogP contribution in [0.1, 0.15) is 118 Å². The minimum Gasteiger partial charge on any atom is -0.379 e. The molecule has 0 bridgehead atoms. The second kappa shape index (κ2) is 16.6. The lowest BCUT2D eigenvalue weighted by molar-refractivity contribution is 0.0747. The summed E-state index contributed by atoms with van der Waals surface area (Å²) in [7, 11) is 0. The number of nitrogens with zero attached hydrogens (tertiary/aromatic N) is 2. The van der Waals surface area contributed by atoms with Crippen LogP contribution in [0.3, 0.4) is 0 Å². The molecule has 0 N–H and O–H groups in total. The van der Waals surface area contributed by atoms with E-state index in [-0.39, 0.29) is 10.8 Å². The number of rotatable bonds is 12. The van der Waals surface area contributed by atoms with Gasteiger partial charge >= 0.3 is 0 Å². The summed E-state index contributed by atoms with van der Waals surface area (Å²) in [5, 5.41) is 4.68. The third-order valence-electron chi connectivity index (χ3n) is 7.26. The summed E-state index contributed by atoms with van der Waals surface area (Å²) in [5.74, 6) is 0.605. The number of allylic oxidation sites excluding steroid dienone is 2. The van der Waals surface area contributed by atoms with Gasteiger partial charge in [-0.05, 0) is 92.6 Å². The van der Waals surface area contributed by atoms with Gasteiger partial charge in [-0.25, -0.2) is 4.98 Å². The van der Waals surface area contributed by atoms with Gasteiger partial charge in [0.1, 0.15) is 0 Å². The molecule has 0 aliphatic rings. The molecule has 7 heteroatoms. The molecule has 3 heterocycles. The molecule has 0 radical (unpaired) electrons. The molecule has 0 fully saturated rings. The summed E-state index contributed by atoms with van der Waals surface area (Å²) >= 11 is 7.41. The molecule has 1 atom stereocenters. The molecular weight excluding hydrogens is 607 g/mol. The molecular formula is C34H54BBrN2OS2. The maximum Gasteiger partial charge on any atom is 0.239 e. The van der Waals surface area contributed by atoms with E-state index in [2.05, 4.69) is 131 Å². The fourth-order valence-corrected chi connectivity index (χ4v) is 7.37. The van der Waals surface area contributed by atoms with Crippen molar-refractivity contribution in [2.45, 2.75) is 131 Å². The van der Waals surface area contributed by atoms with E-state index >= 15 is 0 Å². The molecule has 0 amide bonds. The highest BCUT2D eigenvalue weighted by Gasteiger charge is 2.26. The lowest BCUT2D eigenvalue weighted by atomic mass is 9.45. The molecule has 0 aliphatic carbocycles. The first kappa shape index (κ1) is 36.0. The van der Waals surface area contributed by atoms with Gasteiger partial charge in [0, 0.05) is 25.0 Å². The smallest absolute Gasteiger partial charge is 0.239 e. The molecule has 0 saturated heterocycles. The Kier molecular flexibility index (Phi) is 14.6. The van der Waals surface area contributed by atoms with Crippen LogP contribution in [0.15, 0.2) is 46.0 Å². The van der Waals surface area contributed by atoms with Crippen molar-refractivity contribution in [3.8, 4) is 0 Å². The number of thiophene rings is 2. The molecule has 0 spiro atoms. The summed E-state index contributed by atoms with van der Waals surface area (Å²) in [6.45, 7) is 26.8. The second-order valence-corrected chi connectivity index (χ2v) is 16.7. The zero-order valence-corrected chi connectivity index (χ0v) is 30.7. The van der Waals surface area contributed by atoms with Crippen molar-refractivity contribution in [1.29, 1.82) is 0 Å². The van der Waals surface area contributed by atoms with Crippen molar-refractivity contribution < 1.29 is 4.74 Å². The van der Waals surface area contributed by atoms with E-state index in [0.717, 1.165) is 25.9 Å². The van der Waals surface area contributed by atoms with Crippen molar-refractivity contribution >= 4 is 54.9 Å². The van der Waals surface area contributed by atoms with Crippen LogP contribution >= 0.6 is 38.6 Å². The Bertz CT molecular complexity index is 1140. The monoisotopic (exact) mass is 660 g/mol. The number of halogens is 1. The predicted molar refractivity (Wildman–Crippen MR) is 190 cm³/mol. The van der Waals surface area contributed by atoms with Crippen LogP contribution < -0.4 is 9.55 Å². The fraction of sp³-hybridized carbons (Fsp3) is 0.618. The second-order valence-electron chi connectivity index (χ2n) is 13.5. The highest BCUT2D eigenvalue weighted by molar-refractivity contribution is 9.11. The van der Waals surface area contributed by atoms with E-state index in [1.165, 1.54) is 43.7 Å². The first-order chi connectivity index (χ1) is 19.1. The zero-order valence-electron chi connectivity index (χ0n) is 27.5. The van der Waals surface area contributed by atoms with Crippen molar-refractivity contribution in [3.63, 3.8) is 0 Å². The lowest BCUT2D eigenvalue weighted by Crippen LogP contribution is -2.38. The Labute approximate surface area is 268 Å². The van der Waals surface area contributed by atoms with E-state index in [9.17, 15) is 0 Å². The van der Waals surface area contributed by atoms with Crippen LogP contribution in [-0.4, -0.2) is 29.0 Å². The third-order valence-corrected chi connectivity index (χ3v) is 9.68. The molecule has 3 aromatic rings. The average molecular weight is 662 g/mol. The van der Waals surface area contributed by atoms with Crippen LogP contribution in [0, 0.1) is 0 Å². The maximum absolute atomic E-state index is 5.55. The van der Waals surface area contributed by atoms with Gasteiger partial charge in [0.05, 0.1) is 12.4 Å². The first-order valence-electron chi connectivity index (χ1n) is 15.2. The summed E-state index contributed by atoms with van der Waals surface area (Å²) in [6.07, 6.45) is 11.1. The molecule has 3 rings (SSSR count). The van der Waals surface area contributed by atoms with Crippen LogP contribution in [0.4, 0.5) is 0 Å². The first-order valence-corrected chi connectivity index (χ1v) is 17.8. The van der Waals surface area contributed by atoms with Crippen LogP contribution in [0.2, 0.25) is 6.32 Å². The van der Waals surface area contributed by atoms with Gasteiger partial charge in [-0.2, -0.15) is 22.7 Å². The van der Waals surface area contributed by atoms with Crippen molar-refractivity contribution in [3.05, 3.63) is 62.8 Å². The van der Waals surface area contributed by atoms with Gasteiger partial charge in [-0.1, -0.05) is 95.9 Å². The normalized spacial score (nSPS) is 13.3. The van der Waals surface area contributed by atoms with E-state index in [1.54, 1.807) is 0 Å². The molecule has 3 nitrogen and oxygen atoms in total. The Morgan fingerprint density at radius 1 is 1.02 bits per heavy atom. The summed E-state index contributed by atoms with van der Waals surface area (Å²) in [4.78, 5) is 4.26. The largest absolute Gasteiger partial charge is 0.379 e. The van der Waals surface area contributed by atoms with Crippen molar-refractivity contribution in [2.75, 3.05) is 6.61 Å². The minimum atomic E-state index is 0.215. The third kappa shape index (κ3) is 12.2. The molecule has 41 heavy (non-hydrogen) atoms. The standard InChI is InChI=1S/C20H28BBrS2.C14H26N2O/c1-14(22)8-9-21(17-10-15(12-23-17)19(2,3)4)18-11-16(13-24-18)20(5,6)7;1-5-7-13(4)14-10-15-11-16(14)8-6-9-17-12(2)3/h8,10-13H,9H2,1-7H3;10-13H,5-9H2,1-4H3.